The molecular formula is C10H14N2O3S. The van der Waals surface area contributed by atoms with Gasteiger partial charge in [-0.2, -0.15) is 0 Å². The smallest absolute Gasteiger partial charge is 0.305 e. The molecule has 1 amide bonds. The number of hydrogen-bond donors (Lipinski definition) is 2. The highest BCUT2D eigenvalue weighted by molar-refractivity contribution is 7.10. The number of rotatable bonds is 5. The Morgan fingerprint density at radius 2 is 2.31 bits per heavy atom. The summed E-state index contributed by atoms with van der Waals surface area (Å²) in [5.41, 5.74) is 5.76. The van der Waals surface area contributed by atoms with Gasteiger partial charge in [0.25, 0.3) is 0 Å². The lowest BCUT2D eigenvalue weighted by Gasteiger charge is -2.19. The van der Waals surface area contributed by atoms with E-state index in [1.807, 2.05) is 11.4 Å². The van der Waals surface area contributed by atoms with Crippen LogP contribution in [0.2, 0.25) is 0 Å². The molecule has 6 heteroatoms. The molecule has 0 aliphatic carbocycles. The molecule has 3 N–H and O–H groups in total. The summed E-state index contributed by atoms with van der Waals surface area (Å²) in [6.45, 7) is 0.174. The Bertz CT molecular complexity index is 364. The van der Waals surface area contributed by atoms with Crippen molar-refractivity contribution in [2.45, 2.75) is 12.5 Å². The van der Waals surface area contributed by atoms with E-state index in [-0.39, 0.29) is 18.9 Å². The molecule has 16 heavy (non-hydrogen) atoms. The molecule has 0 saturated carbocycles. The molecule has 1 aromatic heterocycles. The number of nitrogens with zero attached hydrogens (tertiary/aromatic N) is 1. The van der Waals surface area contributed by atoms with Crippen LogP contribution < -0.4 is 5.73 Å². The number of hydrogen-bond acceptors (Lipinski definition) is 4. The third-order valence-corrected chi connectivity index (χ3v) is 3.11. The lowest BCUT2D eigenvalue weighted by atomic mass is 10.2. The lowest BCUT2D eigenvalue weighted by Crippen LogP contribution is -2.36. The van der Waals surface area contributed by atoms with Crippen LogP contribution in [0.15, 0.2) is 17.5 Å². The van der Waals surface area contributed by atoms with Gasteiger partial charge in [0.15, 0.2) is 0 Å². The third-order valence-electron chi connectivity index (χ3n) is 2.15. The van der Waals surface area contributed by atoms with Crippen LogP contribution in [0.1, 0.15) is 17.3 Å². The largest absolute Gasteiger partial charge is 0.481 e. The highest BCUT2D eigenvalue weighted by Crippen LogP contribution is 2.18. The second-order valence-electron chi connectivity index (χ2n) is 3.40. The maximum absolute atomic E-state index is 11.8. The third kappa shape index (κ3) is 3.32. The molecule has 1 heterocycles. The summed E-state index contributed by atoms with van der Waals surface area (Å²) in [5.74, 6) is -1.19. The summed E-state index contributed by atoms with van der Waals surface area (Å²) in [5, 5.41) is 10.3. The number of aliphatic carboxylic acids is 1. The minimum Gasteiger partial charge on any atom is -0.481 e. The quantitative estimate of drug-likeness (QED) is 0.795. The van der Waals surface area contributed by atoms with Gasteiger partial charge in [0.05, 0.1) is 6.42 Å². The van der Waals surface area contributed by atoms with E-state index < -0.39 is 12.0 Å². The lowest BCUT2D eigenvalue weighted by molar-refractivity contribution is -0.138. The zero-order valence-electron chi connectivity index (χ0n) is 8.92. The number of thiophene rings is 1. The molecule has 88 valence electrons. The SMILES string of the molecule is CN(CCC(=O)O)C(=O)C(N)c1cccs1. The Morgan fingerprint density at radius 1 is 1.62 bits per heavy atom. The van der Waals surface area contributed by atoms with Crippen molar-refractivity contribution in [2.75, 3.05) is 13.6 Å². The van der Waals surface area contributed by atoms with Crippen LogP contribution in [0.25, 0.3) is 0 Å². The number of carbonyl (C=O) groups excluding carboxylic acids is 1. The standard InChI is InChI=1S/C10H14N2O3S/c1-12(5-4-8(13)14)10(15)9(11)7-3-2-6-16-7/h2-3,6,9H,4-5,11H2,1H3,(H,13,14). The van der Waals surface area contributed by atoms with E-state index in [9.17, 15) is 9.59 Å². The first-order valence-electron chi connectivity index (χ1n) is 4.78. The summed E-state index contributed by atoms with van der Waals surface area (Å²) in [7, 11) is 1.55. The highest BCUT2D eigenvalue weighted by atomic mass is 32.1. The molecule has 0 fully saturated rings. The van der Waals surface area contributed by atoms with Crippen LogP contribution in [0, 0.1) is 0 Å². The fourth-order valence-electron chi connectivity index (χ4n) is 1.20. The predicted octanol–water partition coefficient (Wildman–Crippen LogP) is 0.681. The molecule has 0 radical (unpaired) electrons. The zero-order valence-corrected chi connectivity index (χ0v) is 9.74. The normalized spacial score (nSPS) is 12.1. The van der Waals surface area contributed by atoms with Gasteiger partial charge in [-0.15, -0.1) is 11.3 Å². The van der Waals surface area contributed by atoms with E-state index in [4.69, 9.17) is 10.8 Å². The van der Waals surface area contributed by atoms with Crippen molar-refractivity contribution in [1.82, 2.24) is 4.90 Å². The van der Waals surface area contributed by atoms with Crippen LogP contribution in [0.3, 0.4) is 0 Å². The molecule has 1 rings (SSSR count). The van der Waals surface area contributed by atoms with Crippen LogP contribution in [0.4, 0.5) is 0 Å². The van der Waals surface area contributed by atoms with E-state index in [1.54, 1.807) is 13.1 Å². The number of amides is 1. The Hall–Kier alpha value is -1.40. The van der Waals surface area contributed by atoms with Gasteiger partial charge in [0.2, 0.25) is 5.91 Å². The second kappa shape index (κ2) is 5.62. The van der Waals surface area contributed by atoms with Gasteiger partial charge < -0.3 is 15.7 Å². The zero-order chi connectivity index (χ0) is 12.1. The van der Waals surface area contributed by atoms with Crippen LogP contribution >= 0.6 is 11.3 Å². The van der Waals surface area contributed by atoms with Crippen molar-refractivity contribution in [2.24, 2.45) is 5.73 Å². The number of carbonyl (C=O) groups is 2. The Morgan fingerprint density at radius 3 is 2.81 bits per heavy atom. The summed E-state index contributed by atoms with van der Waals surface area (Å²) < 4.78 is 0. The average molecular weight is 242 g/mol. The predicted molar refractivity (Wildman–Crippen MR) is 61.1 cm³/mol. The summed E-state index contributed by atoms with van der Waals surface area (Å²) in [6.07, 6.45) is -0.0700. The summed E-state index contributed by atoms with van der Waals surface area (Å²) in [6, 6.07) is 2.92. The first kappa shape index (κ1) is 12.7. The van der Waals surface area contributed by atoms with Crippen molar-refractivity contribution in [3.63, 3.8) is 0 Å². The minimum absolute atomic E-state index is 0.0700. The fraction of sp³-hybridized carbons (Fsp3) is 0.400. The topological polar surface area (TPSA) is 83.6 Å². The van der Waals surface area contributed by atoms with E-state index >= 15 is 0 Å². The van der Waals surface area contributed by atoms with Crippen molar-refractivity contribution in [3.05, 3.63) is 22.4 Å². The molecular weight excluding hydrogens is 228 g/mol. The monoisotopic (exact) mass is 242 g/mol. The molecule has 0 bridgehead atoms. The molecule has 0 spiro atoms. The number of likely N-dealkylation sites (N-methyl/N-ethyl adjacent to an activating group) is 1. The molecule has 0 saturated heterocycles. The number of nitrogens with two attached hydrogens (primary N) is 1. The molecule has 5 nitrogen and oxygen atoms in total. The molecule has 0 aliphatic rings. The number of carboxylic acid groups (broad SMARTS) is 1. The first-order valence-corrected chi connectivity index (χ1v) is 5.66. The van der Waals surface area contributed by atoms with Crippen molar-refractivity contribution >= 4 is 23.2 Å². The van der Waals surface area contributed by atoms with Gasteiger partial charge >= 0.3 is 5.97 Å². The van der Waals surface area contributed by atoms with Gasteiger partial charge in [0, 0.05) is 18.5 Å². The molecule has 0 aromatic carbocycles. The molecule has 1 unspecified atom stereocenters. The summed E-state index contributed by atoms with van der Waals surface area (Å²) >= 11 is 1.41. The van der Waals surface area contributed by atoms with Gasteiger partial charge in [-0.1, -0.05) is 6.07 Å². The van der Waals surface area contributed by atoms with E-state index in [1.165, 1.54) is 16.2 Å². The van der Waals surface area contributed by atoms with E-state index in [0.717, 1.165) is 4.88 Å². The maximum atomic E-state index is 11.8. The second-order valence-corrected chi connectivity index (χ2v) is 4.38. The van der Waals surface area contributed by atoms with Crippen LogP contribution in [0.5, 0.6) is 0 Å². The van der Waals surface area contributed by atoms with Crippen LogP contribution in [-0.2, 0) is 9.59 Å². The Labute approximate surface area is 97.5 Å². The van der Waals surface area contributed by atoms with E-state index in [0.29, 0.717) is 0 Å². The van der Waals surface area contributed by atoms with Crippen LogP contribution in [-0.4, -0.2) is 35.5 Å². The van der Waals surface area contributed by atoms with Gasteiger partial charge in [-0.3, -0.25) is 9.59 Å². The van der Waals surface area contributed by atoms with Gasteiger partial charge in [0.1, 0.15) is 6.04 Å². The maximum Gasteiger partial charge on any atom is 0.305 e. The van der Waals surface area contributed by atoms with Crippen molar-refractivity contribution < 1.29 is 14.7 Å². The number of carboxylic acids is 1. The first-order chi connectivity index (χ1) is 7.52. The van der Waals surface area contributed by atoms with Gasteiger partial charge in [-0.25, -0.2) is 0 Å². The van der Waals surface area contributed by atoms with Crippen molar-refractivity contribution in [3.8, 4) is 0 Å². The molecule has 1 aromatic rings. The molecule has 0 aliphatic heterocycles. The van der Waals surface area contributed by atoms with E-state index in [2.05, 4.69) is 0 Å². The molecule has 1 atom stereocenters. The minimum atomic E-state index is -0.927. The summed E-state index contributed by atoms with van der Waals surface area (Å²) in [4.78, 5) is 24.3. The highest BCUT2D eigenvalue weighted by Gasteiger charge is 2.20. The average Bonchev–Trinajstić information content (AvgIpc) is 2.77. The van der Waals surface area contributed by atoms with Crippen molar-refractivity contribution in [1.29, 1.82) is 0 Å². The Kier molecular flexibility index (Phi) is 4.45. The van der Waals surface area contributed by atoms with Gasteiger partial charge in [-0.05, 0) is 11.4 Å². The Balaban J connectivity index is 2.53. The fourth-order valence-corrected chi connectivity index (χ4v) is 1.92.